The van der Waals surface area contributed by atoms with Crippen LogP contribution in [0.4, 0.5) is 0 Å². The van der Waals surface area contributed by atoms with Gasteiger partial charge in [0, 0.05) is 29.6 Å². The topological polar surface area (TPSA) is 73.2 Å². The molecule has 26 heavy (non-hydrogen) atoms. The maximum Gasteiger partial charge on any atom is 0.346 e. The molecule has 3 heterocycles. The van der Waals surface area contributed by atoms with Gasteiger partial charge < -0.3 is 4.84 Å². The van der Waals surface area contributed by atoms with Gasteiger partial charge in [-0.25, -0.2) is 4.98 Å². The number of hydrogen-bond donors (Lipinski definition) is 0. The van der Waals surface area contributed by atoms with E-state index in [2.05, 4.69) is 25.1 Å². The summed E-state index contributed by atoms with van der Waals surface area (Å²) in [5.74, 6) is 0.551. The summed E-state index contributed by atoms with van der Waals surface area (Å²) in [4.78, 5) is 24.1. The predicted molar refractivity (Wildman–Crippen MR) is 102 cm³/mol. The molecule has 0 N–H and O–H groups in total. The van der Waals surface area contributed by atoms with Gasteiger partial charge in [-0.05, 0) is 51.8 Å². The lowest BCUT2D eigenvalue weighted by Crippen LogP contribution is -2.01. The van der Waals surface area contributed by atoms with Crippen molar-refractivity contribution in [2.24, 2.45) is 5.16 Å². The van der Waals surface area contributed by atoms with Crippen LogP contribution in [0.2, 0.25) is 0 Å². The molecule has 0 bridgehead atoms. The van der Waals surface area contributed by atoms with Crippen molar-refractivity contribution in [1.82, 2.24) is 19.9 Å². The SMILES string of the molecule is CC(=NOc1nc(C)cc(C2CC2)n1)c1sc(-c2cccnc2)nc1C. The quantitative estimate of drug-likeness (QED) is 0.498. The Morgan fingerprint density at radius 1 is 1.23 bits per heavy atom. The molecule has 0 saturated heterocycles. The van der Waals surface area contributed by atoms with E-state index < -0.39 is 0 Å². The van der Waals surface area contributed by atoms with Gasteiger partial charge in [0.25, 0.3) is 0 Å². The molecule has 4 rings (SSSR count). The molecule has 0 radical (unpaired) electrons. The standard InChI is InChI=1S/C19H19N5OS/c1-11-9-16(14-6-7-14)23-19(21-11)25-24-13(3)17-12(2)22-18(26-17)15-5-4-8-20-10-15/h4-5,8-10,14H,6-7H2,1-3H3. The zero-order chi connectivity index (χ0) is 18.1. The normalized spacial score (nSPS) is 14.5. The van der Waals surface area contributed by atoms with E-state index in [0.717, 1.165) is 38.2 Å². The largest absolute Gasteiger partial charge is 0.346 e. The summed E-state index contributed by atoms with van der Waals surface area (Å²) in [6, 6.07) is 6.23. The smallest absolute Gasteiger partial charge is 0.315 e. The third-order valence-electron chi connectivity index (χ3n) is 4.15. The summed E-state index contributed by atoms with van der Waals surface area (Å²) in [5.41, 5.74) is 4.62. The first-order valence-electron chi connectivity index (χ1n) is 8.55. The number of hydrogen-bond acceptors (Lipinski definition) is 7. The Bertz CT molecular complexity index is 963. The Kier molecular flexibility index (Phi) is 4.46. The van der Waals surface area contributed by atoms with Crippen molar-refractivity contribution < 1.29 is 4.84 Å². The van der Waals surface area contributed by atoms with Crippen LogP contribution in [-0.4, -0.2) is 25.6 Å². The van der Waals surface area contributed by atoms with Crippen LogP contribution in [0.1, 0.15) is 47.6 Å². The fraction of sp³-hybridized carbons (Fsp3) is 0.316. The van der Waals surface area contributed by atoms with E-state index in [1.807, 2.05) is 45.2 Å². The highest BCUT2D eigenvalue weighted by Gasteiger charge is 2.26. The first-order valence-corrected chi connectivity index (χ1v) is 9.37. The molecular formula is C19H19N5OS. The van der Waals surface area contributed by atoms with E-state index >= 15 is 0 Å². The van der Waals surface area contributed by atoms with Crippen molar-refractivity contribution in [1.29, 1.82) is 0 Å². The number of aromatic nitrogens is 4. The summed E-state index contributed by atoms with van der Waals surface area (Å²) >= 11 is 1.57. The maximum absolute atomic E-state index is 5.52. The fourth-order valence-corrected chi connectivity index (χ4v) is 3.68. The Balaban J connectivity index is 1.56. The molecule has 0 atom stereocenters. The van der Waals surface area contributed by atoms with Crippen LogP contribution in [-0.2, 0) is 0 Å². The van der Waals surface area contributed by atoms with Gasteiger partial charge in [-0.2, -0.15) is 9.97 Å². The van der Waals surface area contributed by atoms with Gasteiger partial charge in [0.15, 0.2) is 0 Å². The van der Waals surface area contributed by atoms with Crippen molar-refractivity contribution in [3.8, 4) is 16.6 Å². The third-order valence-corrected chi connectivity index (χ3v) is 5.46. The van der Waals surface area contributed by atoms with Crippen LogP contribution in [0.15, 0.2) is 35.7 Å². The molecule has 0 spiro atoms. The summed E-state index contributed by atoms with van der Waals surface area (Å²) in [7, 11) is 0. The van der Waals surface area contributed by atoms with Crippen molar-refractivity contribution in [3.63, 3.8) is 0 Å². The average molecular weight is 365 g/mol. The molecule has 3 aromatic rings. The first-order chi connectivity index (χ1) is 12.6. The van der Waals surface area contributed by atoms with E-state index in [1.165, 1.54) is 12.8 Å². The lowest BCUT2D eigenvalue weighted by molar-refractivity contribution is 0.310. The van der Waals surface area contributed by atoms with E-state index in [0.29, 0.717) is 11.9 Å². The molecule has 1 aliphatic rings. The van der Waals surface area contributed by atoms with Gasteiger partial charge in [-0.1, -0.05) is 5.16 Å². The van der Waals surface area contributed by atoms with E-state index in [4.69, 9.17) is 4.84 Å². The highest BCUT2D eigenvalue weighted by molar-refractivity contribution is 7.17. The second-order valence-corrected chi connectivity index (χ2v) is 7.43. The Morgan fingerprint density at radius 3 is 2.81 bits per heavy atom. The van der Waals surface area contributed by atoms with Crippen LogP contribution < -0.4 is 4.84 Å². The Morgan fingerprint density at radius 2 is 2.08 bits per heavy atom. The average Bonchev–Trinajstić information content (AvgIpc) is 3.42. The molecule has 1 fully saturated rings. The maximum atomic E-state index is 5.52. The summed E-state index contributed by atoms with van der Waals surface area (Å²) in [5, 5.41) is 5.16. The van der Waals surface area contributed by atoms with Crippen LogP contribution in [0.3, 0.4) is 0 Å². The number of oxime groups is 1. The summed E-state index contributed by atoms with van der Waals surface area (Å²) < 4.78 is 0. The molecule has 0 unspecified atom stereocenters. The van der Waals surface area contributed by atoms with Gasteiger partial charge in [-0.3, -0.25) is 4.98 Å². The molecule has 132 valence electrons. The number of thiazole rings is 1. The van der Waals surface area contributed by atoms with Crippen molar-refractivity contribution in [2.75, 3.05) is 0 Å². The van der Waals surface area contributed by atoms with Crippen LogP contribution >= 0.6 is 11.3 Å². The van der Waals surface area contributed by atoms with Gasteiger partial charge in [0.2, 0.25) is 0 Å². The molecular weight excluding hydrogens is 346 g/mol. The minimum atomic E-state index is 0.306. The molecule has 0 amide bonds. The highest BCUT2D eigenvalue weighted by Crippen LogP contribution is 2.39. The third kappa shape index (κ3) is 3.62. The van der Waals surface area contributed by atoms with E-state index in [1.54, 1.807) is 17.5 Å². The van der Waals surface area contributed by atoms with Crippen molar-refractivity contribution in [2.45, 2.75) is 39.5 Å². The van der Waals surface area contributed by atoms with Gasteiger partial charge >= 0.3 is 6.01 Å². The van der Waals surface area contributed by atoms with E-state index in [-0.39, 0.29) is 0 Å². The van der Waals surface area contributed by atoms with Crippen LogP contribution in [0.25, 0.3) is 10.6 Å². The van der Waals surface area contributed by atoms with E-state index in [9.17, 15) is 0 Å². The first kappa shape index (κ1) is 16.8. The lowest BCUT2D eigenvalue weighted by atomic mass is 10.2. The highest BCUT2D eigenvalue weighted by atomic mass is 32.1. The number of aryl methyl sites for hydroxylation is 2. The molecule has 7 heteroatoms. The van der Waals surface area contributed by atoms with Crippen molar-refractivity contribution in [3.05, 3.63) is 52.6 Å². The number of nitrogens with zero attached hydrogens (tertiary/aromatic N) is 5. The summed E-state index contributed by atoms with van der Waals surface area (Å²) in [6.45, 7) is 5.83. The molecule has 1 saturated carbocycles. The lowest BCUT2D eigenvalue weighted by Gasteiger charge is -2.03. The van der Waals surface area contributed by atoms with Crippen LogP contribution in [0.5, 0.6) is 6.01 Å². The Labute approximate surface area is 156 Å². The molecule has 0 aromatic carbocycles. The zero-order valence-corrected chi connectivity index (χ0v) is 15.7. The molecule has 6 nitrogen and oxygen atoms in total. The van der Waals surface area contributed by atoms with Gasteiger partial charge in [0.05, 0.1) is 22.0 Å². The molecule has 0 aliphatic heterocycles. The second-order valence-electron chi connectivity index (χ2n) is 6.43. The van der Waals surface area contributed by atoms with Gasteiger partial charge in [-0.15, -0.1) is 11.3 Å². The second kappa shape index (κ2) is 6.92. The monoisotopic (exact) mass is 365 g/mol. The van der Waals surface area contributed by atoms with Gasteiger partial charge in [0.1, 0.15) is 5.01 Å². The molecule has 3 aromatic heterocycles. The predicted octanol–water partition coefficient (Wildman–Crippen LogP) is 4.29. The van der Waals surface area contributed by atoms with Crippen molar-refractivity contribution >= 4 is 17.0 Å². The number of pyridine rings is 1. The Hall–Kier alpha value is -2.67. The summed E-state index contributed by atoms with van der Waals surface area (Å²) in [6.07, 6.45) is 5.94. The number of rotatable bonds is 5. The minimum absolute atomic E-state index is 0.306. The zero-order valence-electron chi connectivity index (χ0n) is 14.9. The fourth-order valence-electron chi connectivity index (χ4n) is 2.69. The minimum Gasteiger partial charge on any atom is -0.315 e. The van der Waals surface area contributed by atoms with Crippen LogP contribution in [0, 0.1) is 13.8 Å². The molecule has 1 aliphatic carbocycles.